The fraction of sp³-hybridized carbons (Fsp3) is 0.269. The van der Waals surface area contributed by atoms with Crippen molar-refractivity contribution in [1.29, 1.82) is 0 Å². The molecule has 1 aliphatic rings. The first-order valence-corrected chi connectivity index (χ1v) is 11.3. The molecule has 1 aliphatic carbocycles. The van der Waals surface area contributed by atoms with Gasteiger partial charge < -0.3 is 19.1 Å². The van der Waals surface area contributed by atoms with Crippen LogP contribution in [-0.4, -0.2) is 26.9 Å². The Morgan fingerprint density at radius 2 is 1.86 bits per heavy atom. The zero-order valence-electron chi connectivity index (χ0n) is 20.0. The first-order chi connectivity index (χ1) is 17.4. The number of hydrogen-bond donors (Lipinski definition) is 2. The van der Waals surface area contributed by atoms with Crippen LogP contribution in [0.15, 0.2) is 80.6 Å². The normalized spacial score (nSPS) is 15.0. The van der Waals surface area contributed by atoms with Crippen LogP contribution in [-0.2, 0) is 22.7 Å². The lowest BCUT2D eigenvalue weighted by atomic mass is 9.74. The molecule has 194 valence electrons. The van der Waals surface area contributed by atoms with Crippen LogP contribution >= 0.6 is 0 Å². The van der Waals surface area contributed by atoms with Gasteiger partial charge in [0.15, 0.2) is 0 Å². The summed E-state index contributed by atoms with van der Waals surface area (Å²) in [6, 6.07) is 14.6. The highest BCUT2D eigenvalue weighted by Crippen LogP contribution is 2.44. The van der Waals surface area contributed by atoms with Crippen LogP contribution in [0.1, 0.15) is 37.0 Å². The smallest absolute Gasteiger partial charge is 0.489 e. The number of benzene rings is 2. The second-order valence-corrected chi connectivity index (χ2v) is 9.18. The van der Waals surface area contributed by atoms with Crippen molar-refractivity contribution in [3.05, 3.63) is 104 Å². The molecule has 11 heteroatoms. The Bertz CT molecular complexity index is 1480. The Hall–Kier alpha value is -4.41. The highest BCUT2D eigenvalue weighted by Gasteiger charge is 2.44. The molecule has 0 aliphatic heterocycles. The third kappa shape index (κ3) is 6.05. The maximum absolute atomic E-state index is 13.5. The summed E-state index contributed by atoms with van der Waals surface area (Å²) in [5.41, 5.74) is 2.16. The zero-order valence-corrected chi connectivity index (χ0v) is 20.0. The number of allylic oxidation sites excluding steroid dienone is 4. The first kappa shape index (κ1) is 25.7. The second-order valence-electron chi connectivity index (χ2n) is 9.18. The van der Waals surface area contributed by atoms with Gasteiger partial charge in [0, 0.05) is 6.42 Å². The van der Waals surface area contributed by atoms with Crippen LogP contribution in [0.25, 0.3) is 5.57 Å². The largest absolute Gasteiger partial charge is 0.501 e. The number of aromatic nitrogens is 2. The highest BCUT2D eigenvalue weighted by molar-refractivity contribution is 5.75. The number of H-pyrrole nitrogens is 1. The Labute approximate surface area is 209 Å². The van der Waals surface area contributed by atoms with E-state index in [0.29, 0.717) is 5.75 Å². The number of carbonyl (C=O) groups is 1. The van der Waals surface area contributed by atoms with Crippen molar-refractivity contribution >= 4 is 11.5 Å². The molecule has 0 amide bonds. The average molecular weight is 514 g/mol. The summed E-state index contributed by atoms with van der Waals surface area (Å²) in [5.74, 6) is -2.66. The number of aromatic amines is 1. The second kappa shape index (κ2) is 9.92. The zero-order chi connectivity index (χ0) is 26.8. The summed E-state index contributed by atoms with van der Waals surface area (Å²) < 4.78 is 43.0. The van der Waals surface area contributed by atoms with E-state index in [1.807, 2.05) is 43.1 Å². The summed E-state index contributed by atoms with van der Waals surface area (Å²) in [6.07, 6.45) is -1.16. The van der Waals surface area contributed by atoms with Crippen LogP contribution in [0.5, 0.6) is 5.75 Å². The predicted octanol–water partition coefficient (Wildman–Crippen LogP) is 4.15. The maximum Gasteiger partial charge on any atom is 0.501 e. The Morgan fingerprint density at radius 1 is 1.14 bits per heavy atom. The van der Waals surface area contributed by atoms with Gasteiger partial charge >= 0.3 is 23.5 Å². The fourth-order valence-corrected chi connectivity index (χ4v) is 4.03. The van der Waals surface area contributed by atoms with E-state index in [2.05, 4.69) is 4.74 Å². The van der Waals surface area contributed by atoms with Crippen molar-refractivity contribution in [3.63, 3.8) is 0 Å². The van der Waals surface area contributed by atoms with Gasteiger partial charge in [0.2, 0.25) is 0 Å². The number of carboxylic acid groups (broad SMARTS) is 1. The third-order valence-electron chi connectivity index (χ3n) is 5.81. The van der Waals surface area contributed by atoms with Gasteiger partial charge in [-0.1, -0.05) is 50.3 Å². The van der Waals surface area contributed by atoms with Gasteiger partial charge in [-0.2, -0.15) is 8.78 Å². The van der Waals surface area contributed by atoms with E-state index in [4.69, 9.17) is 14.4 Å². The van der Waals surface area contributed by atoms with Gasteiger partial charge in [0.05, 0.1) is 6.54 Å². The quantitative estimate of drug-likeness (QED) is 0.440. The van der Waals surface area contributed by atoms with Gasteiger partial charge in [0.1, 0.15) is 18.1 Å². The lowest BCUT2D eigenvalue weighted by molar-refractivity contribution is -0.232. The lowest BCUT2D eigenvalue weighted by Crippen LogP contribution is -2.32. The van der Waals surface area contributed by atoms with Crippen molar-refractivity contribution in [1.82, 2.24) is 9.72 Å². The van der Waals surface area contributed by atoms with Crippen molar-refractivity contribution in [2.45, 2.75) is 39.5 Å². The molecule has 0 unspecified atom stereocenters. The number of nitrogens with one attached hydrogen (secondary N) is 1. The summed E-state index contributed by atoms with van der Waals surface area (Å²) >= 11 is 0. The highest BCUT2D eigenvalue weighted by atomic mass is 19.3. The summed E-state index contributed by atoms with van der Waals surface area (Å²) in [7, 11) is 0. The number of aliphatic carboxylic acids is 1. The summed E-state index contributed by atoms with van der Waals surface area (Å²) in [4.78, 5) is 35.4. The third-order valence-corrected chi connectivity index (χ3v) is 5.81. The Morgan fingerprint density at radius 3 is 2.49 bits per heavy atom. The van der Waals surface area contributed by atoms with Gasteiger partial charge in [-0.3, -0.25) is 0 Å². The van der Waals surface area contributed by atoms with E-state index >= 15 is 0 Å². The average Bonchev–Trinajstić information content (AvgIpc) is 3.14. The molecular formula is C26H24F2N2O7. The van der Waals surface area contributed by atoms with Gasteiger partial charge in [-0.05, 0) is 52.0 Å². The predicted molar refractivity (Wildman–Crippen MR) is 128 cm³/mol. The molecule has 0 atom stereocenters. The minimum atomic E-state index is -4.29. The van der Waals surface area contributed by atoms with Crippen molar-refractivity contribution in [3.8, 4) is 5.75 Å². The summed E-state index contributed by atoms with van der Waals surface area (Å²) in [6.45, 7) is 4.10. The monoisotopic (exact) mass is 514 g/mol. The topological polar surface area (TPSA) is 124 Å². The number of alkyl halides is 2. The van der Waals surface area contributed by atoms with E-state index in [1.54, 1.807) is 30.3 Å². The molecule has 3 aromatic rings. The molecular weight excluding hydrogens is 490 g/mol. The van der Waals surface area contributed by atoms with Crippen LogP contribution < -0.4 is 16.2 Å². The van der Waals surface area contributed by atoms with E-state index in [-0.39, 0.29) is 25.3 Å². The first-order valence-electron chi connectivity index (χ1n) is 11.3. The molecule has 0 saturated carbocycles. The number of carboxylic acids is 1. The fourth-order valence-electron chi connectivity index (χ4n) is 4.03. The van der Waals surface area contributed by atoms with Gasteiger partial charge in [0.25, 0.3) is 0 Å². The molecule has 1 heterocycles. The number of halogens is 2. The van der Waals surface area contributed by atoms with E-state index in [9.17, 15) is 23.2 Å². The minimum absolute atomic E-state index is 0.0972. The Kier molecular flexibility index (Phi) is 6.88. The SMILES string of the molecule is CC1(C)CC(OC(F)(F)C(=O)O)=CC=C1c1cccc(COc2ccc(Cn3oc(=O)[nH]c3=O)cc2)c1. The van der Waals surface area contributed by atoms with Crippen LogP contribution in [0.3, 0.4) is 0 Å². The number of rotatable bonds is 9. The van der Waals surface area contributed by atoms with E-state index < -0.39 is 28.9 Å². The van der Waals surface area contributed by atoms with Crippen molar-refractivity contribution < 1.29 is 32.7 Å². The molecule has 1 aromatic heterocycles. The van der Waals surface area contributed by atoms with Gasteiger partial charge in [-0.25, -0.2) is 19.4 Å². The molecule has 4 rings (SSSR count). The van der Waals surface area contributed by atoms with Crippen LogP contribution in [0.2, 0.25) is 0 Å². The minimum Gasteiger partial charge on any atom is -0.489 e. The molecule has 0 spiro atoms. The molecule has 2 aromatic carbocycles. The van der Waals surface area contributed by atoms with E-state index in [1.165, 1.54) is 6.08 Å². The molecule has 0 radical (unpaired) electrons. The molecule has 37 heavy (non-hydrogen) atoms. The summed E-state index contributed by atoms with van der Waals surface area (Å²) in [5, 5.41) is 8.62. The molecule has 0 bridgehead atoms. The molecule has 2 N–H and O–H groups in total. The number of nitrogens with zero attached hydrogens (tertiary/aromatic N) is 1. The molecule has 0 saturated heterocycles. The van der Waals surface area contributed by atoms with Crippen molar-refractivity contribution in [2.75, 3.05) is 0 Å². The van der Waals surface area contributed by atoms with Crippen LogP contribution in [0, 0.1) is 5.41 Å². The lowest BCUT2D eigenvalue weighted by Gasteiger charge is -2.33. The standard InChI is InChI=1S/C26H24F2N2O7/c1-25(2)13-20(36-26(27,28)22(31)32)10-11-21(25)18-5-3-4-17(12-18)15-35-19-8-6-16(7-9-19)14-30-23(33)29-24(34)37-30/h3-12H,13-15H2,1-2H3,(H,31,32)(H,29,33,34). The Balaban J connectivity index is 1.43. The number of ether oxygens (including phenoxy) is 2. The molecule has 9 nitrogen and oxygen atoms in total. The van der Waals surface area contributed by atoms with Crippen LogP contribution in [0.4, 0.5) is 8.78 Å². The van der Waals surface area contributed by atoms with Crippen molar-refractivity contribution in [2.24, 2.45) is 5.41 Å². The molecule has 0 fully saturated rings. The number of hydrogen-bond acceptors (Lipinski definition) is 6. The van der Waals surface area contributed by atoms with Gasteiger partial charge in [-0.15, -0.1) is 4.74 Å². The maximum atomic E-state index is 13.5. The van der Waals surface area contributed by atoms with E-state index in [0.717, 1.165) is 27.0 Å².